The molecule has 0 saturated carbocycles. The van der Waals surface area contributed by atoms with Crippen LogP contribution in [0.1, 0.15) is 19.3 Å². The van der Waals surface area contributed by atoms with Crippen molar-refractivity contribution in [2.45, 2.75) is 19.3 Å². The van der Waals surface area contributed by atoms with Crippen LogP contribution in [0.3, 0.4) is 0 Å². The molecule has 7 heteroatoms. The van der Waals surface area contributed by atoms with Crippen molar-refractivity contribution >= 4 is 27.6 Å². The smallest absolute Gasteiger partial charge is 0.137 e. The summed E-state index contributed by atoms with van der Waals surface area (Å²) in [5, 5.41) is 9.90. The highest BCUT2D eigenvalue weighted by Gasteiger charge is 2.18. The van der Waals surface area contributed by atoms with E-state index in [1.165, 1.54) is 19.3 Å². The molecule has 2 N–H and O–H groups in total. The Morgan fingerprint density at radius 2 is 1.70 bits per heavy atom. The lowest BCUT2D eigenvalue weighted by molar-refractivity contribution is 0.575. The normalized spacial score (nSPS) is 14.6. The van der Waals surface area contributed by atoms with Crippen molar-refractivity contribution in [3.05, 3.63) is 55.1 Å². The largest absolute Gasteiger partial charge is 0.356 e. The van der Waals surface area contributed by atoms with Gasteiger partial charge < -0.3 is 9.88 Å². The van der Waals surface area contributed by atoms with Crippen LogP contribution in [0.15, 0.2) is 55.1 Å². The third-order valence-electron chi connectivity index (χ3n) is 5.86. The second-order valence-electron chi connectivity index (χ2n) is 7.75. The van der Waals surface area contributed by atoms with Gasteiger partial charge >= 0.3 is 0 Å². The van der Waals surface area contributed by atoms with Crippen molar-refractivity contribution in [1.82, 2.24) is 30.1 Å². The average molecular weight is 395 g/mol. The molecule has 0 amide bonds. The molecular weight excluding hydrogens is 374 g/mol. The first-order valence-electron chi connectivity index (χ1n) is 10.3. The van der Waals surface area contributed by atoms with E-state index < -0.39 is 0 Å². The van der Waals surface area contributed by atoms with Gasteiger partial charge in [0.25, 0.3) is 0 Å². The quantitative estimate of drug-likeness (QED) is 0.468. The number of aromatic amines is 2. The van der Waals surface area contributed by atoms with Crippen molar-refractivity contribution in [2.75, 3.05) is 18.0 Å². The molecule has 5 aromatic heterocycles. The molecule has 1 saturated heterocycles. The van der Waals surface area contributed by atoms with Crippen LogP contribution in [0.5, 0.6) is 0 Å². The van der Waals surface area contributed by atoms with Crippen LogP contribution in [0.2, 0.25) is 0 Å². The molecule has 1 aliphatic heterocycles. The number of pyridine rings is 3. The Hall–Kier alpha value is -3.74. The van der Waals surface area contributed by atoms with Crippen LogP contribution in [-0.4, -0.2) is 43.2 Å². The first-order chi connectivity index (χ1) is 14.9. The monoisotopic (exact) mass is 395 g/mol. The zero-order chi connectivity index (χ0) is 19.9. The van der Waals surface area contributed by atoms with Crippen molar-refractivity contribution in [3.8, 4) is 22.6 Å². The number of hydrogen-bond donors (Lipinski definition) is 2. The summed E-state index contributed by atoms with van der Waals surface area (Å²) >= 11 is 0. The second-order valence-corrected chi connectivity index (χ2v) is 7.75. The maximum Gasteiger partial charge on any atom is 0.137 e. The molecular formula is C23H21N7. The first-order valence-corrected chi connectivity index (χ1v) is 10.3. The predicted octanol–water partition coefficient (Wildman–Crippen LogP) is 4.55. The molecule has 30 heavy (non-hydrogen) atoms. The van der Waals surface area contributed by atoms with Gasteiger partial charge in [-0.25, -0.2) is 4.98 Å². The Labute approximate surface area is 173 Å². The number of H-pyrrole nitrogens is 2. The molecule has 0 bridgehead atoms. The first kappa shape index (κ1) is 17.1. The van der Waals surface area contributed by atoms with E-state index in [1.54, 1.807) is 12.4 Å². The molecule has 148 valence electrons. The fraction of sp³-hybridized carbons (Fsp3) is 0.217. The summed E-state index contributed by atoms with van der Waals surface area (Å²) in [5.74, 6) is 1.06. The van der Waals surface area contributed by atoms with E-state index in [9.17, 15) is 0 Å². The predicted molar refractivity (Wildman–Crippen MR) is 118 cm³/mol. The van der Waals surface area contributed by atoms with Crippen LogP contribution >= 0.6 is 0 Å². The van der Waals surface area contributed by atoms with Crippen molar-refractivity contribution in [1.29, 1.82) is 0 Å². The van der Waals surface area contributed by atoms with Gasteiger partial charge in [-0.15, -0.1) is 0 Å². The van der Waals surface area contributed by atoms with Gasteiger partial charge in [-0.1, -0.05) is 0 Å². The van der Waals surface area contributed by atoms with E-state index in [-0.39, 0.29) is 0 Å². The SMILES string of the molecule is c1cc(-c2cc3c(-c4cc5c(N6CCCCC6)nccc5[nH]4)n[nH]c3cn2)ccn1. The molecule has 1 aliphatic rings. The zero-order valence-electron chi connectivity index (χ0n) is 16.5. The number of nitrogens with zero attached hydrogens (tertiary/aromatic N) is 5. The highest BCUT2D eigenvalue weighted by atomic mass is 15.2. The van der Waals surface area contributed by atoms with Crippen LogP contribution in [0, 0.1) is 0 Å². The van der Waals surface area contributed by atoms with Gasteiger partial charge in [0, 0.05) is 48.0 Å². The van der Waals surface area contributed by atoms with Crippen molar-refractivity contribution in [2.24, 2.45) is 0 Å². The van der Waals surface area contributed by atoms with Gasteiger partial charge in [0.1, 0.15) is 11.5 Å². The van der Waals surface area contributed by atoms with Gasteiger partial charge in [0.2, 0.25) is 0 Å². The molecule has 0 aliphatic carbocycles. The van der Waals surface area contributed by atoms with E-state index in [0.717, 1.165) is 63.4 Å². The summed E-state index contributed by atoms with van der Waals surface area (Å²) in [5.41, 5.74) is 5.81. The standard InChI is InChI=1S/C23H21N7/c1-2-10-30(11-3-1)23-17-13-20(27-18(17)6-9-25-23)22-16-12-19(15-4-7-24-8-5-15)26-14-21(16)28-29-22/h4-9,12-14,27H,1-3,10-11H2,(H,28,29). The fourth-order valence-electron chi connectivity index (χ4n) is 4.33. The molecule has 0 unspecified atom stereocenters. The van der Waals surface area contributed by atoms with Gasteiger partial charge in [-0.05, 0) is 49.6 Å². The highest BCUT2D eigenvalue weighted by Crippen LogP contribution is 2.33. The van der Waals surface area contributed by atoms with E-state index in [4.69, 9.17) is 4.98 Å². The molecule has 6 heterocycles. The minimum atomic E-state index is 0.892. The van der Waals surface area contributed by atoms with E-state index in [2.05, 4.69) is 42.2 Å². The maximum atomic E-state index is 4.70. The maximum absolute atomic E-state index is 4.70. The van der Waals surface area contributed by atoms with Crippen LogP contribution in [0.4, 0.5) is 5.82 Å². The van der Waals surface area contributed by atoms with Gasteiger partial charge in [0.05, 0.1) is 28.6 Å². The van der Waals surface area contributed by atoms with E-state index >= 15 is 0 Å². The summed E-state index contributed by atoms with van der Waals surface area (Å²) in [4.78, 5) is 19.3. The summed E-state index contributed by atoms with van der Waals surface area (Å²) in [6, 6.07) is 10.2. The topological polar surface area (TPSA) is 86.4 Å². The number of aromatic nitrogens is 6. The molecule has 0 radical (unpaired) electrons. The van der Waals surface area contributed by atoms with Gasteiger partial charge in [0.15, 0.2) is 0 Å². The Balaban J connectivity index is 1.47. The third-order valence-corrected chi connectivity index (χ3v) is 5.86. The Bertz CT molecular complexity index is 1330. The van der Waals surface area contributed by atoms with Gasteiger partial charge in [-0.3, -0.25) is 15.1 Å². The van der Waals surface area contributed by atoms with E-state index in [1.807, 2.05) is 30.6 Å². The van der Waals surface area contributed by atoms with Crippen LogP contribution in [-0.2, 0) is 0 Å². The Morgan fingerprint density at radius 3 is 2.57 bits per heavy atom. The molecule has 0 atom stereocenters. The summed E-state index contributed by atoms with van der Waals surface area (Å²) in [6.07, 6.45) is 11.0. The Kier molecular flexibility index (Phi) is 3.97. The average Bonchev–Trinajstić information content (AvgIpc) is 3.43. The number of anilines is 1. The zero-order valence-corrected chi connectivity index (χ0v) is 16.5. The number of rotatable bonds is 3. The number of fused-ring (bicyclic) bond motifs is 2. The lowest BCUT2D eigenvalue weighted by atomic mass is 10.1. The molecule has 6 rings (SSSR count). The second kappa shape index (κ2) is 6.95. The third kappa shape index (κ3) is 2.82. The highest BCUT2D eigenvalue weighted by molar-refractivity contribution is 5.99. The molecule has 1 fully saturated rings. The molecule has 0 aromatic carbocycles. The molecule has 7 nitrogen and oxygen atoms in total. The summed E-state index contributed by atoms with van der Waals surface area (Å²) in [7, 11) is 0. The number of hydrogen-bond acceptors (Lipinski definition) is 5. The minimum absolute atomic E-state index is 0.892. The summed E-state index contributed by atoms with van der Waals surface area (Å²) in [6.45, 7) is 2.14. The fourth-order valence-corrected chi connectivity index (χ4v) is 4.33. The lowest BCUT2D eigenvalue weighted by Gasteiger charge is -2.28. The summed E-state index contributed by atoms with van der Waals surface area (Å²) < 4.78 is 0. The van der Waals surface area contributed by atoms with Crippen molar-refractivity contribution in [3.63, 3.8) is 0 Å². The molecule has 0 spiro atoms. The molecule has 5 aromatic rings. The minimum Gasteiger partial charge on any atom is -0.356 e. The number of nitrogens with one attached hydrogen (secondary N) is 2. The lowest BCUT2D eigenvalue weighted by Crippen LogP contribution is -2.30. The van der Waals surface area contributed by atoms with Crippen LogP contribution < -0.4 is 4.90 Å². The van der Waals surface area contributed by atoms with Crippen molar-refractivity contribution < 1.29 is 0 Å². The number of piperidine rings is 1. The van der Waals surface area contributed by atoms with E-state index in [0.29, 0.717) is 0 Å². The van der Waals surface area contributed by atoms with Crippen LogP contribution in [0.25, 0.3) is 44.5 Å². The Morgan fingerprint density at radius 1 is 0.833 bits per heavy atom. The van der Waals surface area contributed by atoms with Gasteiger partial charge in [-0.2, -0.15) is 5.10 Å².